The summed E-state index contributed by atoms with van der Waals surface area (Å²) in [6.45, 7) is 3.92. The van der Waals surface area contributed by atoms with Gasteiger partial charge >= 0.3 is 0 Å². The first kappa shape index (κ1) is 10.8. The second-order valence-electron chi connectivity index (χ2n) is 3.49. The summed E-state index contributed by atoms with van der Waals surface area (Å²) >= 11 is 0. The van der Waals surface area contributed by atoms with E-state index in [4.69, 9.17) is 10.8 Å². The fraction of sp³-hybridized carbons (Fsp3) is 0.500. The Morgan fingerprint density at radius 3 is 2.71 bits per heavy atom. The van der Waals surface area contributed by atoms with Crippen LogP contribution in [0.5, 0.6) is 0 Å². The SMILES string of the molecule is Cc1nc(N(C)C(C)CO)ccc1N. The molecule has 0 saturated heterocycles. The third-order valence-electron chi connectivity index (χ3n) is 2.40. The fourth-order valence-electron chi connectivity index (χ4n) is 1.10. The minimum atomic E-state index is 0.0607. The minimum absolute atomic E-state index is 0.0607. The number of aromatic nitrogens is 1. The van der Waals surface area contributed by atoms with Crippen LogP contribution < -0.4 is 10.6 Å². The molecule has 1 aromatic heterocycles. The standard InChI is InChI=1S/C10H17N3O/c1-7(6-14)13(3)10-5-4-9(11)8(2)12-10/h4-5,7,14H,6,11H2,1-3H3. The van der Waals surface area contributed by atoms with Gasteiger partial charge in [0, 0.05) is 7.05 Å². The quantitative estimate of drug-likeness (QED) is 0.748. The summed E-state index contributed by atoms with van der Waals surface area (Å²) in [5.74, 6) is 0.832. The number of hydrogen-bond donors (Lipinski definition) is 2. The lowest BCUT2D eigenvalue weighted by Gasteiger charge is -2.24. The molecule has 78 valence electrons. The van der Waals surface area contributed by atoms with Crippen molar-refractivity contribution in [1.29, 1.82) is 0 Å². The molecule has 0 amide bonds. The molecule has 0 aromatic carbocycles. The van der Waals surface area contributed by atoms with Crippen molar-refractivity contribution in [2.24, 2.45) is 0 Å². The fourth-order valence-corrected chi connectivity index (χ4v) is 1.10. The number of aryl methyl sites for hydroxylation is 1. The van der Waals surface area contributed by atoms with E-state index in [1.807, 2.05) is 37.9 Å². The topological polar surface area (TPSA) is 62.4 Å². The number of nitrogens with zero attached hydrogens (tertiary/aromatic N) is 2. The zero-order valence-corrected chi connectivity index (χ0v) is 8.86. The van der Waals surface area contributed by atoms with Crippen molar-refractivity contribution in [2.45, 2.75) is 19.9 Å². The average molecular weight is 195 g/mol. The molecule has 0 fully saturated rings. The van der Waals surface area contributed by atoms with Gasteiger partial charge < -0.3 is 15.7 Å². The number of likely N-dealkylation sites (N-methyl/N-ethyl adjacent to an activating group) is 1. The highest BCUT2D eigenvalue weighted by molar-refractivity contribution is 5.50. The highest BCUT2D eigenvalue weighted by Crippen LogP contribution is 2.16. The summed E-state index contributed by atoms with van der Waals surface area (Å²) in [5.41, 5.74) is 7.18. The summed E-state index contributed by atoms with van der Waals surface area (Å²) in [7, 11) is 1.90. The van der Waals surface area contributed by atoms with Gasteiger partial charge in [-0.3, -0.25) is 0 Å². The van der Waals surface area contributed by atoms with Gasteiger partial charge in [-0.1, -0.05) is 0 Å². The van der Waals surface area contributed by atoms with Crippen LogP contribution in [0, 0.1) is 6.92 Å². The average Bonchev–Trinajstić information content (AvgIpc) is 2.20. The van der Waals surface area contributed by atoms with E-state index in [-0.39, 0.29) is 12.6 Å². The molecular weight excluding hydrogens is 178 g/mol. The number of nitrogen functional groups attached to an aromatic ring is 1. The first-order valence-electron chi connectivity index (χ1n) is 4.63. The molecule has 1 unspecified atom stereocenters. The van der Waals surface area contributed by atoms with Gasteiger partial charge in [0.2, 0.25) is 0 Å². The van der Waals surface area contributed by atoms with E-state index < -0.39 is 0 Å². The normalized spacial score (nSPS) is 12.6. The Morgan fingerprint density at radius 1 is 1.57 bits per heavy atom. The monoisotopic (exact) mass is 195 g/mol. The molecule has 0 bridgehead atoms. The maximum absolute atomic E-state index is 9.00. The van der Waals surface area contributed by atoms with Gasteiger partial charge in [0.15, 0.2) is 0 Å². The molecule has 1 atom stereocenters. The van der Waals surface area contributed by atoms with Gasteiger partial charge in [0.1, 0.15) is 5.82 Å². The molecule has 1 heterocycles. The van der Waals surface area contributed by atoms with Crippen LogP contribution in [0.1, 0.15) is 12.6 Å². The van der Waals surface area contributed by atoms with E-state index in [0.717, 1.165) is 11.5 Å². The summed E-state index contributed by atoms with van der Waals surface area (Å²) in [6.07, 6.45) is 0. The van der Waals surface area contributed by atoms with Crippen molar-refractivity contribution in [1.82, 2.24) is 4.98 Å². The molecule has 0 saturated carbocycles. The highest BCUT2D eigenvalue weighted by Gasteiger charge is 2.10. The second-order valence-corrected chi connectivity index (χ2v) is 3.49. The minimum Gasteiger partial charge on any atom is -0.397 e. The summed E-state index contributed by atoms with van der Waals surface area (Å²) in [5, 5.41) is 9.00. The van der Waals surface area contributed by atoms with Crippen LogP contribution in [0.2, 0.25) is 0 Å². The lowest BCUT2D eigenvalue weighted by Crippen LogP contribution is -2.32. The third-order valence-corrected chi connectivity index (χ3v) is 2.40. The maximum Gasteiger partial charge on any atom is 0.129 e. The Kier molecular flexibility index (Phi) is 3.30. The van der Waals surface area contributed by atoms with E-state index in [1.54, 1.807) is 0 Å². The highest BCUT2D eigenvalue weighted by atomic mass is 16.3. The van der Waals surface area contributed by atoms with Gasteiger partial charge in [0.25, 0.3) is 0 Å². The number of nitrogens with two attached hydrogens (primary N) is 1. The van der Waals surface area contributed by atoms with E-state index in [2.05, 4.69) is 4.98 Å². The number of anilines is 2. The second kappa shape index (κ2) is 4.28. The summed E-state index contributed by atoms with van der Waals surface area (Å²) in [6, 6.07) is 3.75. The molecule has 3 N–H and O–H groups in total. The van der Waals surface area contributed by atoms with Gasteiger partial charge in [-0.2, -0.15) is 0 Å². The Bertz CT molecular complexity index is 314. The van der Waals surface area contributed by atoms with Crippen molar-refractivity contribution in [2.75, 3.05) is 24.3 Å². The third kappa shape index (κ3) is 2.14. The molecule has 14 heavy (non-hydrogen) atoms. The predicted octanol–water partition coefficient (Wildman–Crippen LogP) is 0.789. The molecular formula is C10H17N3O. The zero-order valence-electron chi connectivity index (χ0n) is 8.86. The number of rotatable bonds is 3. The number of pyridine rings is 1. The number of aliphatic hydroxyl groups excluding tert-OH is 1. The van der Waals surface area contributed by atoms with E-state index in [1.165, 1.54) is 0 Å². The Labute approximate surface area is 84.4 Å². The lowest BCUT2D eigenvalue weighted by atomic mass is 10.2. The molecule has 0 aliphatic carbocycles. The van der Waals surface area contributed by atoms with Crippen LogP contribution in [0.3, 0.4) is 0 Å². The molecule has 1 rings (SSSR count). The van der Waals surface area contributed by atoms with Crippen molar-refractivity contribution < 1.29 is 5.11 Å². The largest absolute Gasteiger partial charge is 0.397 e. The van der Waals surface area contributed by atoms with Gasteiger partial charge in [-0.25, -0.2) is 4.98 Å². The molecule has 0 radical (unpaired) electrons. The van der Waals surface area contributed by atoms with E-state index >= 15 is 0 Å². The van der Waals surface area contributed by atoms with Gasteiger partial charge in [0.05, 0.1) is 24.0 Å². The molecule has 0 spiro atoms. The van der Waals surface area contributed by atoms with Crippen molar-refractivity contribution in [3.8, 4) is 0 Å². The van der Waals surface area contributed by atoms with Crippen LogP contribution in [-0.4, -0.2) is 29.8 Å². The van der Waals surface area contributed by atoms with Crippen LogP contribution in [0.4, 0.5) is 11.5 Å². The Balaban J connectivity index is 2.91. The van der Waals surface area contributed by atoms with Crippen LogP contribution in [-0.2, 0) is 0 Å². The maximum atomic E-state index is 9.00. The first-order valence-corrected chi connectivity index (χ1v) is 4.63. The number of hydrogen-bond acceptors (Lipinski definition) is 4. The van der Waals surface area contributed by atoms with Gasteiger partial charge in [-0.15, -0.1) is 0 Å². The van der Waals surface area contributed by atoms with Crippen LogP contribution in [0.25, 0.3) is 0 Å². The molecule has 0 aliphatic rings. The summed E-state index contributed by atoms with van der Waals surface area (Å²) < 4.78 is 0. The van der Waals surface area contributed by atoms with E-state index in [9.17, 15) is 0 Å². The van der Waals surface area contributed by atoms with Gasteiger partial charge in [-0.05, 0) is 26.0 Å². The Hall–Kier alpha value is -1.29. The predicted molar refractivity (Wildman–Crippen MR) is 58.3 cm³/mol. The van der Waals surface area contributed by atoms with Crippen molar-refractivity contribution in [3.63, 3.8) is 0 Å². The van der Waals surface area contributed by atoms with Crippen molar-refractivity contribution >= 4 is 11.5 Å². The van der Waals surface area contributed by atoms with Crippen molar-refractivity contribution in [3.05, 3.63) is 17.8 Å². The molecule has 1 aromatic rings. The molecule has 4 nitrogen and oxygen atoms in total. The molecule has 0 aliphatic heterocycles. The lowest BCUT2D eigenvalue weighted by molar-refractivity contribution is 0.270. The van der Waals surface area contributed by atoms with Crippen LogP contribution >= 0.6 is 0 Å². The number of aliphatic hydroxyl groups is 1. The Morgan fingerprint density at radius 2 is 2.21 bits per heavy atom. The first-order chi connectivity index (χ1) is 6.56. The van der Waals surface area contributed by atoms with Crippen LogP contribution in [0.15, 0.2) is 12.1 Å². The zero-order chi connectivity index (χ0) is 10.7. The molecule has 4 heteroatoms. The smallest absolute Gasteiger partial charge is 0.129 e. The van der Waals surface area contributed by atoms with E-state index in [0.29, 0.717) is 5.69 Å². The summed E-state index contributed by atoms with van der Waals surface area (Å²) in [4.78, 5) is 6.25.